The van der Waals surface area contributed by atoms with E-state index in [2.05, 4.69) is 45.0 Å². The number of hydrogen-bond donors (Lipinski definition) is 2. The van der Waals surface area contributed by atoms with Gasteiger partial charge in [-0.1, -0.05) is 30.3 Å². The number of rotatable bonds is 6. The molecule has 1 aliphatic rings. The van der Waals surface area contributed by atoms with Crippen LogP contribution in [-0.2, 0) is 22.9 Å². The predicted octanol–water partition coefficient (Wildman–Crippen LogP) is 5.28. The quantitative estimate of drug-likeness (QED) is 0.273. The van der Waals surface area contributed by atoms with Crippen LogP contribution in [-0.4, -0.2) is 29.2 Å². The van der Waals surface area contributed by atoms with Crippen molar-refractivity contribution in [2.75, 3.05) is 10.5 Å². The van der Waals surface area contributed by atoms with Crippen molar-refractivity contribution in [1.29, 1.82) is 0 Å². The van der Waals surface area contributed by atoms with Crippen molar-refractivity contribution < 1.29 is 13.2 Å². The Labute approximate surface area is 230 Å². The first kappa shape index (κ1) is 25.1. The Bertz CT molecular complexity index is 1820. The van der Waals surface area contributed by atoms with Crippen LogP contribution in [0.4, 0.5) is 11.6 Å². The lowest BCUT2D eigenvalue weighted by Gasteiger charge is -2.24. The number of aromatic nitrogens is 3. The maximum atomic E-state index is 13.4. The Kier molecular flexibility index (Phi) is 6.36. The summed E-state index contributed by atoms with van der Waals surface area (Å²) in [6.45, 7) is 1.74. The summed E-state index contributed by atoms with van der Waals surface area (Å²) in [5.41, 5.74) is 11.4. The number of nitrogen functional groups attached to an aromatic ring is 1. The molecule has 6 rings (SSSR count). The van der Waals surface area contributed by atoms with E-state index >= 15 is 0 Å². The first-order valence-corrected chi connectivity index (χ1v) is 14.8. The van der Waals surface area contributed by atoms with Crippen LogP contribution in [0.2, 0.25) is 0 Å². The number of anilines is 2. The highest BCUT2D eigenvalue weighted by atomic mass is 32.2. The summed E-state index contributed by atoms with van der Waals surface area (Å²) in [6, 6.07) is 20.0. The number of benzene rings is 2. The number of sulfonamides is 1. The third-order valence-electron chi connectivity index (χ3n) is 7.01. The topological polar surface area (TPSA) is 128 Å². The average Bonchev–Trinajstić information content (AvgIpc) is 3.26. The molecule has 0 aliphatic heterocycles. The summed E-state index contributed by atoms with van der Waals surface area (Å²) >= 11 is 1.28. The molecule has 3 aromatic heterocycles. The summed E-state index contributed by atoms with van der Waals surface area (Å²) in [7, 11) is -3.92. The zero-order valence-electron chi connectivity index (χ0n) is 21.1. The number of fused-ring (bicyclic) bond motifs is 2. The first-order valence-electron chi connectivity index (χ1n) is 12.5. The zero-order valence-corrected chi connectivity index (χ0v) is 22.7. The Balaban J connectivity index is 1.25. The van der Waals surface area contributed by atoms with Gasteiger partial charge in [0.25, 0.3) is 10.0 Å². The third kappa shape index (κ3) is 4.88. The van der Waals surface area contributed by atoms with Gasteiger partial charge in [0.05, 0.1) is 10.6 Å². The molecule has 0 saturated carbocycles. The molecule has 0 saturated heterocycles. The number of thiophene rings is 1. The normalized spacial score (nSPS) is 15.2. The average molecular weight is 556 g/mol. The Hall–Kier alpha value is -4.15. The molecule has 39 heavy (non-hydrogen) atoms. The second kappa shape index (κ2) is 9.87. The Morgan fingerprint density at radius 2 is 1.82 bits per heavy atom. The minimum Gasteiger partial charge on any atom is -0.397 e. The van der Waals surface area contributed by atoms with Crippen LogP contribution in [0.3, 0.4) is 0 Å². The predicted molar refractivity (Wildman–Crippen MR) is 153 cm³/mol. The number of aryl methyl sites for hydroxylation is 2. The highest BCUT2D eigenvalue weighted by Crippen LogP contribution is 2.39. The standard InChI is InChI=1S/C29H25N5O3S2/c1-17-13-14-31-29(32-17)34-39(36,37)22-10-7-19(8-11-22)26(35)27-25(30)23-16-21-15-20(18-5-3-2-4-6-18)9-12-24(21)33-28(23)38-27/h2-8,10-11,13-14,16,20H,9,12,15,30H2,1H3,(H,31,32,34). The number of carbonyl (C=O) groups is 1. The van der Waals surface area contributed by atoms with Gasteiger partial charge in [-0.2, -0.15) is 0 Å². The second-order valence-electron chi connectivity index (χ2n) is 9.62. The summed E-state index contributed by atoms with van der Waals surface area (Å²) in [6.07, 6.45) is 4.27. The van der Waals surface area contributed by atoms with Crippen molar-refractivity contribution in [2.45, 2.75) is 37.0 Å². The molecular weight excluding hydrogens is 530 g/mol. The van der Waals surface area contributed by atoms with E-state index in [1.165, 1.54) is 52.9 Å². The molecule has 1 atom stereocenters. The lowest BCUT2D eigenvalue weighted by molar-refractivity contribution is 0.104. The van der Waals surface area contributed by atoms with E-state index in [0.29, 0.717) is 27.7 Å². The molecule has 0 amide bonds. The smallest absolute Gasteiger partial charge is 0.264 e. The molecule has 1 aliphatic carbocycles. The lowest BCUT2D eigenvalue weighted by Crippen LogP contribution is -2.15. The molecule has 2 aromatic carbocycles. The fourth-order valence-corrected chi connectivity index (χ4v) is 6.97. The van der Waals surface area contributed by atoms with E-state index < -0.39 is 10.0 Å². The van der Waals surface area contributed by atoms with Gasteiger partial charge >= 0.3 is 0 Å². The van der Waals surface area contributed by atoms with Crippen molar-refractivity contribution in [3.05, 3.63) is 106 Å². The van der Waals surface area contributed by atoms with Crippen LogP contribution in [0, 0.1) is 6.92 Å². The molecular formula is C29H25N5O3S2. The van der Waals surface area contributed by atoms with Gasteiger partial charge in [0.15, 0.2) is 0 Å². The van der Waals surface area contributed by atoms with Crippen molar-refractivity contribution in [3.8, 4) is 0 Å². The van der Waals surface area contributed by atoms with Crippen LogP contribution < -0.4 is 10.5 Å². The maximum absolute atomic E-state index is 13.4. The van der Waals surface area contributed by atoms with E-state index in [9.17, 15) is 13.2 Å². The molecule has 3 heterocycles. The monoisotopic (exact) mass is 555 g/mol. The molecule has 5 aromatic rings. The number of nitrogens with two attached hydrogens (primary N) is 1. The van der Waals surface area contributed by atoms with Crippen LogP contribution in [0.15, 0.2) is 77.8 Å². The van der Waals surface area contributed by atoms with Crippen molar-refractivity contribution in [3.63, 3.8) is 0 Å². The van der Waals surface area contributed by atoms with Gasteiger partial charge in [-0.15, -0.1) is 11.3 Å². The Morgan fingerprint density at radius 1 is 1.05 bits per heavy atom. The lowest BCUT2D eigenvalue weighted by atomic mass is 9.82. The highest BCUT2D eigenvalue weighted by Gasteiger charge is 2.25. The summed E-state index contributed by atoms with van der Waals surface area (Å²) in [5.74, 6) is 0.147. The molecule has 0 radical (unpaired) electrons. The van der Waals surface area contributed by atoms with E-state index in [1.54, 1.807) is 13.0 Å². The highest BCUT2D eigenvalue weighted by molar-refractivity contribution is 7.92. The van der Waals surface area contributed by atoms with Crippen molar-refractivity contribution in [1.82, 2.24) is 15.0 Å². The number of nitrogens with zero attached hydrogens (tertiary/aromatic N) is 3. The fourth-order valence-electron chi connectivity index (χ4n) is 4.96. The molecule has 3 N–H and O–H groups in total. The van der Waals surface area contributed by atoms with Gasteiger partial charge in [0, 0.05) is 28.5 Å². The molecule has 0 bridgehead atoms. The van der Waals surface area contributed by atoms with E-state index in [0.717, 1.165) is 35.2 Å². The molecule has 0 spiro atoms. The van der Waals surface area contributed by atoms with Crippen LogP contribution >= 0.6 is 11.3 Å². The van der Waals surface area contributed by atoms with Gasteiger partial charge in [-0.3, -0.25) is 4.79 Å². The fraction of sp³-hybridized carbons (Fsp3) is 0.172. The summed E-state index contributed by atoms with van der Waals surface area (Å²) < 4.78 is 27.9. The molecule has 196 valence electrons. The number of hydrogen-bond acceptors (Lipinski definition) is 8. The first-order chi connectivity index (χ1) is 18.8. The largest absolute Gasteiger partial charge is 0.397 e. The SMILES string of the molecule is Cc1ccnc(NS(=O)(=O)c2ccc(C(=O)c3sc4nc5c(cc4c3N)CC(c3ccccc3)CC5)cc2)n1. The van der Waals surface area contributed by atoms with Gasteiger partial charge in [-0.25, -0.2) is 28.1 Å². The Morgan fingerprint density at radius 3 is 2.56 bits per heavy atom. The third-order valence-corrected chi connectivity index (χ3v) is 9.47. The van der Waals surface area contributed by atoms with E-state index in [1.807, 2.05) is 6.07 Å². The summed E-state index contributed by atoms with van der Waals surface area (Å²) in [4.78, 5) is 27.4. The number of carbonyl (C=O) groups excluding carboxylic acids is 1. The number of nitrogens with one attached hydrogen (secondary N) is 1. The van der Waals surface area contributed by atoms with Gasteiger partial charge in [-0.05, 0) is 79.6 Å². The van der Waals surface area contributed by atoms with Gasteiger partial charge in [0.2, 0.25) is 11.7 Å². The van der Waals surface area contributed by atoms with Crippen LogP contribution in [0.1, 0.15) is 50.1 Å². The zero-order chi connectivity index (χ0) is 27.1. The molecule has 0 fully saturated rings. The maximum Gasteiger partial charge on any atom is 0.264 e. The van der Waals surface area contributed by atoms with Crippen molar-refractivity contribution in [2.24, 2.45) is 0 Å². The van der Waals surface area contributed by atoms with E-state index in [-0.39, 0.29) is 16.6 Å². The minimum atomic E-state index is -3.92. The number of ketones is 1. The molecule has 1 unspecified atom stereocenters. The molecule has 10 heteroatoms. The molecule has 8 nitrogen and oxygen atoms in total. The second-order valence-corrected chi connectivity index (χ2v) is 12.3. The van der Waals surface area contributed by atoms with E-state index in [4.69, 9.17) is 10.7 Å². The van der Waals surface area contributed by atoms with Gasteiger partial charge < -0.3 is 5.73 Å². The van der Waals surface area contributed by atoms with Crippen molar-refractivity contribution >= 4 is 49.0 Å². The van der Waals surface area contributed by atoms with Crippen LogP contribution in [0.25, 0.3) is 10.2 Å². The van der Waals surface area contributed by atoms with Crippen LogP contribution in [0.5, 0.6) is 0 Å². The number of pyridine rings is 1. The summed E-state index contributed by atoms with van der Waals surface area (Å²) in [5, 5.41) is 0.789. The van der Waals surface area contributed by atoms with Gasteiger partial charge in [0.1, 0.15) is 9.71 Å². The minimum absolute atomic E-state index is 0.00391.